The Morgan fingerprint density at radius 3 is 2.90 bits per heavy atom. The molecule has 1 aromatic heterocycles. The highest BCUT2D eigenvalue weighted by Gasteiger charge is 2.06. The van der Waals surface area contributed by atoms with Crippen LogP contribution in [0.1, 0.15) is 24.1 Å². The van der Waals surface area contributed by atoms with Crippen LogP contribution < -0.4 is 5.32 Å². The molecule has 106 valence electrons. The number of aromatic nitrogens is 1. The van der Waals surface area contributed by atoms with Gasteiger partial charge >= 0.3 is 0 Å². The molecule has 3 nitrogen and oxygen atoms in total. The number of carbonyl (C=O) groups excluding carboxylic acids is 1. The molecule has 1 amide bonds. The largest absolute Gasteiger partial charge is 0.302 e. The smallest absolute Gasteiger partial charge is 0.226 e. The van der Waals surface area contributed by atoms with E-state index in [4.69, 9.17) is 0 Å². The molecule has 2 aromatic rings. The van der Waals surface area contributed by atoms with E-state index in [0.29, 0.717) is 11.6 Å². The molecule has 0 saturated carbocycles. The molecule has 0 fully saturated rings. The number of anilines is 1. The van der Waals surface area contributed by atoms with Gasteiger partial charge in [0.1, 0.15) is 0 Å². The van der Waals surface area contributed by atoms with E-state index >= 15 is 0 Å². The molecule has 1 heterocycles. The van der Waals surface area contributed by atoms with Crippen LogP contribution in [0.4, 0.5) is 5.13 Å². The Hall–Kier alpha value is -1.33. The lowest BCUT2D eigenvalue weighted by Crippen LogP contribution is -2.11. The van der Waals surface area contributed by atoms with Crippen molar-refractivity contribution in [3.63, 3.8) is 0 Å². The third-order valence-corrected chi connectivity index (χ3v) is 4.19. The van der Waals surface area contributed by atoms with Gasteiger partial charge in [0.05, 0.1) is 5.69 Å². The van der Waals surface area contributed by atoms with Gasteiger partial charge in [0.15, 0.2) is 5.13 Å². The maximum Gasteiger partial charge on any atom is 0.226 e. The van der Waals surface area contributed by atoms with Crippen molar-refractivity contribution in [3.05, 3.63) is 47.0 Å². The number of amides is 1. The second kappa shape index (κ2) is 8.07. The predicted octanol–water partition coefficient (Wildman–Crippen LogP) is 3.97. The second-order valence-electron chi connectivity index (χ2n) is 4.46. The predicted molar refractivity (Wildman–Crippen MR) is 87.3 cm³/mol. The molecule has 0 aliphatic heterocycles. The minimum absolute atomic E-state index is 0.0472. The Labute approximate surface area is 127 Å². The number of thioether (sulfide) groups is 1. The molecule has 0 spiro atoms. The number of carbonyl (C=O) groups is 1. The number of aryl methyl sites for hydroxylation is 1. The van der Waals surface area contributed by atoms with Gasteiger partial charge in [-0.1, -0.05) is 30.3 Å². The fraction of sp³-hybridized carbons (Fsp3) is 0.333. The van der Waals surface area contributed by atoms with E-state index in [1.54, 1.807) is 11.8 Å². The Morgan fingerprint density at radius 1 is 1.35 bits per heavy atom. The topological polar surface area (TPSA) is 42.0 Å². The fourth-order valence-corrected chi connectivity index (χ4v) is 3.13. The number of hydrogen-bond donors (Lipinski definition) is 1. The molecule has 0 unspecified atom stereocenters. The highest BCUT2D eigenvalue weighted by Crippen LogP contribution is 2.18. The van der Waals surface area contributed by atoms with Gasteiger partial charge in [-0.2, -0.15) is 11.8 Å². The summed E-state index contributed by atoms with van der Waals surface area (Å²) in [6.45, 7) is 0. The number of benzene rings is 1. The van der Waals surface area contributed by atoms with Crippen molar-refractivity contribution in [1.29, 1.82) is 0 Å². The SMILES string of the molecule is CSCc1csc(NC(=O)CCCc2ccccc2)n1. The Bertz CT molecular complexity index is 540. The summed E-state index contributed by atoms with van der Waals surface area (Å²) in [4.78, 5) is 16.2. The maximum absolute atomic E-state index is 11.8. The normalized spacial score (nSPS) is 10.4. The van der Waals surface area contributed by atoms with E-state index in [1.807, 2.05) is 29.8 Å². The van der Waals surface area contributed by atoms with Crippen LogP contribution in [0, 0.1) is 0 Å². The van der Waals surface area contributed by atoms with Crippen LogP contribution in [0.25, 0.3) is 0 Å². The summed E-state index contributed by atoms with van der Waals surface area (Å²) >= 11 is 3.22. The first kappa shape index (κ1) is 15.1. The van der Waals surface area contributed by atoms with Crippen LogP contribution in [0.3, 0.4) is 0 Å². The summed E-state index contributed by atoms with van der Waals surface area (Å²) in [5.74, 6) is 0.936. The van der Waals surface area contributed by atoms with Crippen molar-refractivity contribution in [2.75, 3.05) is 11.6 Å². The number of thiazole rings is 1. The van der Waals surface area contributed by atoms with Gasteiger partial charge in [-0.25, -0.2) is 4.98 Å². The summed E-state index contributed by atoms with van der Waals surface area (Å²) in [5, 5.41) is 5.57. The Morgan fingerprint density at radius 2 is 2.15 bits per heavy atom. The minimum Gasteiger partial charge on any atom is -0.302 e. The number of nitrogens with one attached hydrogen (secondary N) is 1. The highest BCUT2D eigenvalue weighted by molar-refractivity contribution is 7.97. The number of hydrogen-bond acceptors (Lipinski definition) is 4. The van der Waals surface area contributed by atoms with Gasteiger partial charge in [0.25, 0.3) is 0 Å². The summed E-state index contributed by atoms with van der Waals surface area (Å²) in [7, 11) is 0. The molecule has 2 rings (SSSR count). The first-order chi connectivity index (χ1) is 9.78. The zero-order valence-electron chi connectivity index (χ0n) is 11.5. The van der Waals surface area contributed by atoms with Crippen LogP contribution in [0.2, 0.25) is 0 Å². The molecule has 0 atom stereocenters. The fourth-order valence-electron chi connectivity index (χ4n) is 1.86. The second-order valence-corrected chi connectivity index (χ2v) is 6.19. The van der Waals surface area contributed by atoms with Crippen molar-refractivity contribution in [1.82, 2.24) is 4.98 Å². The first-order valence-corrected chi connectivity index (χ1v) is 8.82. The van der Waals surface area contributed by atoms with Crippen LogP contribution >= 0.6 is 23.1 Å². The standard InChI is InChI=1S/C15H18N2OS2/c1-19-10-13-11-20-15(16-13)17-14(18)9-5-8-12-6-3-2-4-7-12/h2-4,6-7,11H,5,8-10H2,1H3,(H,16,17,18). The molecule has 1 N–H and O–H groups in total. The van der Waals surface area contributed by atoms with Gasteiger partial charge in [0, 0.05) is 17.6 Å². The Kier molecular flexibility index (Phi) is 6.08. The summed E-state index contributed by atoms with van der Waals surface area (Å²) in [6.07, 6.45) is 4.37. The number of nitrogens with zero attached hydrogens (tertiary/aromatic N) is 1. The summed E-state index contributed by atoms with van der Waals surface area (Å²) in [6, 6.07) is 10.2. The molecule has 1 aromatic carbocycles. The molecule has 0 radical (unpaired) electrons. The maximum atomic E-state index is 11.8. The van der Waals surface area contributed by atoms with Crippen molar-refractivity contribution in [2.24, 2.45) is 0 Å². The van der Waals surface area contributed by atoms with Gasteiger partial charge in [0.2, 0.25) is 5.91 Å². The van der Waals surface area contributed by atoms with E-state index in [2.05, 4.69) is 22.4 Å². The molecule has 0 aliphatic rings. The van der Waals surface area contributed by atoms with Crippen LogP contribution in [0.15, 0.2) is 35.7 Å². The van der Waals surface area contributed by atoms with Crippen molar-refractivity contribution in [2.45, 2.75) is 25.0 Å². The minimum atomic E-state index is 0.0472. The lowest BCUT2D eigenvalue weighted by molar-refractivity contribution is -0.116. The van der Waals surface area contributed by atoms with Gasteiger partial charge in [-0.3, -0.25) is 4.79 Å². The van der Waals surface area contributed by atoms with Crippen LogP contribution in [-0.2, 0) is 17.0 Å². The van der Waals surface area contributed by atoms with E-state index in [-0.39, 0.29) is 5.91 Å². The monoisotopic (exact) mass is 306 g/mol. The third kappa shape index (κ3) is 4.98. The van der Waals surface area contributed by atoms with Crippen LogP contribution in [-0.4, -0.2) is 17.1 Å². The van der Waals surface area contributed by atoms with Crippen LogP contribution in [0.5, 0.6) is 0 Å². The zero-order valence-corrected chi connectivity index (χ0v) is 13.1. The Balaban J connectivity index is 1.72. The quantitative estimate of drug-likeness (QED) is 0.841. The average Bonchev–Trinajstić information content (AvgIpc) is 2.88. The van der Waals surface area contributed by atoms with Crippen molar-refractivity contribution in [3.8, 4) is 0 Å². The highest BCUT2D eigenvalue weighted by atomic mass is 32.2. The molecule has 0 bridgehead atoms. The van der Waals surface area contributed by atoms with Gasteiger partial charge in [-0.05, 0) is 24.7 Å². The zero-order chi connectivity index (χ0) is 14.2. The average molecular weight is 306 g/mol. The molecule has 0 saturated heterocycles. The number of rotatable bonds is 7. The molecule has 20 heavy (non-hydrogen) atoms. The van der Waals surface area contributed by atoms with Gasteiger partial charge < -0.3 is 5.32 Å². The summed E-state index contributed by atoms with van der Waals surface area (Å²) in [5.41, 5.74) is 2.30. The first-order valence-electron chi connectivity index (χ1n) is 6.55. The lowest BCUT2D eigenvalue weighted by Gasteiger charge is -2.02. The molecule has 0 aliphatic carbocycles. The lowest BCUT2D eigenvalue weighted by atomic mass is 10.1. The van der Waals surface area contributed by atoms with Crippen molar-refractivity contribution < 1.29 is 4.79 Å². The van der Waals surface area contributed by atoms with E-state index in [0.717, 1.165) is 24.3 Å². The molecular weight excluding hydrogens is 288 g/mol. The third-order valence-electron chi connectivity index (χ3n) is 2.80. The molecule has 5 heteroatoms. The van der Waals surface area contributed by atoms with E-state index in [1.165, 1.54) is 16.9 Å². The van der Waals surface area contributed by atoms with E-state index < -0.39 is 0 Å². The van der Waals surface area contributed by atoms with Crippen molar-refractivity contribution >= 4 is 34.1 Å². The summed E-state index contributed by atoms with van der Waals surface area (Å²) < 4.78 is 0. The van der Waals surface area contributed by atoms with E-state index in [9.17, 15) is 4.79 Å². The van der Waals surface area contributed by atoms with Gasteiger partial charge in [-0.15, -0.1) is 11.3 Å². The molecular formula is C15H18N2OS2.